The number of esters is 1. The lowest BCUT2D eigenvalue weighted by Gasteiger charge is -2.39. The van der Waals surface area contributed by atoms with Gasteiger partial charge in [0.15, 0.2) is 18.2 Å². The van der Waals surface area contributed by atoms with Gasteiger partial charge in [-0.15, -0.1) is 6.42 Å². The quantitative estimate of drug-likeness (QED) is 0.0124. The van der Waals surface area contributed by atoms with Gasteiger partial charge in [0.25, 0.3) is 0 Å². The summed E-state index contributed by atoms with van der Waals surface area (Å²) >= 11 is 0. The van der Waals surface area contributed by atoms with Gasteiger partial charge in [0, 0.05) is 88.6 Å². The minimum atomic E-state index is -1.17. The molecule has 0 spiro atoms. The van der Waals surface area contributed by atoms with Crippen molar-refractivity contribution in [2.24, 2.45) is 0 Å². The number of rotatable bonds is 31. The average Bonchev–Trinajstić information content (AvgIpc) is 0.896. The van der Waals surface area contributed by atoms with Crippen LogP contribution in [-0.2, 0) is 42.9 Å². The predicted octanol–water partition coefficient (Wildman–Crippen LogP) is 13.7. The van der Waals surface area contributed by atoms with Crippen LogP contribution in [0, 0.1) is 24.0 Å². The van der Waals surface area contributed by atoms with E-state index in [0.717, 1.165) is 83.0 Å². The number of aldehydes is 2. The van der Waals surface area contributed by atoms with Gasteiger partial charge in [-0.1, -0.05) is 129 Å². The number of aromatic amines is 1. The molecule has 0 saturated carbocycles. The molecule has 0 aliphatic carbocycles. The fourth-order valence-electron chi connectivity index (χ4n) is 12.0. The molecule has 1 N–H and O–H groups in total. The lowest BCUT2D eigenvalue weighted by Crippen LogP contribution is -2.53. The molecule has 5 atom stereocenters. The maximum atomic E-state index is 16.7. The molecule has 4 fully saturated rings. The van der Waals surface area contributed by atoms with Gasteiger partial charge < -0.3 is 52.8 Å². The Morgan fingerprint density at radius 1 is 0.856 bits per heavy atom. The normalized spacial score (nSPS) is 18.4. The van der Waals surface area contributed by atoms with Crippen molar-refractivity contribution < 1.29 is 65.6 Å². The second kappa shape index (κ2) is 41.8. The van der Waals surface area contributed by atoms with E-state index in [1.165, 1.54) is 135 Å². The monoisotopic (exact) mass is 1260 g/mol. The molecule has 8 rings (SSSR count). The van der Waals surface area contributed by atoms with Crippen molar-refractivity contribution in [1.82, 2.24) is 24.8 Å². The van der Waals surface area contributed by atoms with Crippen LogP contribution in [0.4, 0.5) is 23.8 Å². The number of hydrogen-bond donors (Lipinski definition) is 1. The number of aromatic nitrogens is 3. The smallest absolute Gasteiger partial charge is 0.462 e. The number of fused-ring (bicyclic) bond motifs is 5. The molecule has 0 radical (unpaired) electrons. The predicted molar refractivity (Wildman–Crippen MR) is 345 cm³/mol. The van der Waals surface area contributed by atoms with E-state index >= 15 is 8.78 Å². The van der Waals surface area contributed by atoms with Gasteiger partial charge >= 0.3 is 17.8 Å². The summed E-state index contributed by atoms with van der Waals surface area (Å²) in [6.07, 6.45) is 34.7. The number of methoxy groups -OCH3 is 3. The summed E-state index contributed by atoms with van der Waals surface area (Å²) < 4.78 is 75.6. The number of halogens is 3. The summed E-state index contributed by atoms with van der Waals surface area (Å²) in [7, 11) is 4.61. The molecule has 4 aromatic rings. The molecule has 2 aromatic carbocycles. The number of ether oxygens (including phenoxy) is 6. The molecule has 500 valence electrons. The number of alkyl halides is 1. The number of nitrogens with one attached hydrogen (secondary N) is 1. The number of terminal acetylenes is 1. The lowest BCUT2D eigenvalue weighted by atomic mass is 9.95. The molecule has 6 heterocycles. The third-order valence-electron chi connectivity index (χ3n) is 16.9. The number of unbranched alkanes of at least 4 members (excludes halogenated alkanes) is 17. The lowest BCUT2D eigenvalue weighted by molar-refractivity contribution is -0.148. The van der Waals surface area contributed by atoms with E-state index in [9.17, 15) is 28.4 Å². The van der Waals surface area contributed by atoms with E-state index in [1.54, 1.807) is 19.1 Å². The van der Waals surface area contributed by atoms with E-state index in [2.05, 4.69) is 56.0 Å². The van der Waals surface area contributed by atoms with Gasteiger partial charge in [-0.2, -0.15) is 4.98 Å². The van der Waals surface area contributed by atoms with E-state index in [4.69, 9.17) is 30.2 Å². The number of piperazine rings is 1. The zero-order valence-corrected chi connectivity index (χ0v) is 54.8. The van der Waals surface area contributed by atoms with Crippen molar-refractivity contribution >= 4 is 58.6 Å². The van der Waals surface area contributed by atoms with E-state index in [0.29, 0.717) is 31.4 Å². The third kappa shape index (κ3) is 24.3. The summed E-state index contributed by atoms with van der Waals surface area (Å²) in [5, 5.41) is 0.632. The minimum absolute atomic E-state index is 0.0251. The van der Waals surface area contributed by atoms with Crippen LogP contribution in [0.2, 0.25) is 0 Å². The van der Waals surface area contributed by atoms with Gasteiger partial charge in [-0.25, -0.2) is 22.8 Å². The van der Waals surface area contributed by atoms with Crippen LogP contribution >= 0.6 is 0 Å². The van der Waals surface area contributed by atoms with Crippen molar-refractivity contribution in [3.8, 4) is 29.4 Å². The first-order valence-electron chi connectivity index (χ1n) is 32.6. The Kier molecular flexibility index (Phi) is 35.3. The number of nitrogens with zero attached hydrogens (tertiary/aromatic N) is 5. The Hall–Kier alpha value is -6.47. The highest BCUT2D eigenvalue weighted by Crippen LogP contribution is 2.41. The first-order valence-corrected chi connectivity index (χ1v) is 32.6. The molecule has 18 nitrogen and oxygen atoms in total. The number of anilines is 1. The Labute approximate surface area is 531 Å². The maximum Gasteiger partial charge on any atom is 0.514 e. The second-order valence-corrected chi connectivity index (χ2v) is 23.8. The molecular weight excluding hydrogens is 1160 g/mol. The minimum Gasteiger partial charge on any atom is -0.462 e. The Balaban J connectivity index is 0.000000436. The van der Waals surface area contributed by atoms with Crippen molar-refractivity contribution in [2.75, 3.05) is 65.6 Å². The van der Waals surface area contributed by atoms with Crippen molar-refractivity contribution in [2.45, 2.75) is 231 Å². The van der Waals surface area contributed by atoms with Crippen LogP contribution in [0.5, 0.6) is 5.75 Å². The van der Waals surface area contributed by atoms with Crippen molar-refractivity contribution in [1.29, 1.82) is 0 Å². The Morgan fingerprint density at radius 3 is 2.00 bits per heavy atom. The summed E-state index contributed by atoms with van der Waals surface area (Å²) in [6.45, 7) is 12.2. The van der Waals surface area contributed by atoms with E-state index in [1.807, 2.05) is 11.8 Å². The van der Waals surface area contributed by atoms with Crippen LogP contribution in [0.3, 0.4) is 0 Å². The molecule has 4 aliphatic heterocycles. The van der Waals surface area contributed by atoms with Crippen molar-refractivity contribution in [3.63, 3.8) is 0 Å². The van der Waals surface area contributed by atoms with E-state index < -0.39 is 41.7 Å². The summed E-state index contributed by atoms with van der Waals surface area (Å²) in [5.74, 6) is 0.313. The van der Waals surface area contributed by atoms with Gasteiger partial charge in [0.1, 0.15) is 48.4 Å². The highest BCUT2D eigenvalue weighted by atomic mass is 19.1. The largest absolute Gasteiger partial charge is 0.514 e. The molecule has 2 bridgehead atoms. The summed E-state index contributed by atoms with van der Waals surface area (Å²) in [6, 6.07) is 5.07. The third-order valence-corrected chi connectivity index (χ3v) is 16.9. The van der Waals surface area contributed by atoms with Crippen LogP contribution in [0.15, 0.2) is 35.3 Å². The number of carbonyl (C=O) groups is 5. The molecule has 21 heteroatoms. The highest BCUT2D eigenvalue weighted by molar-refractivity contribution is 6.03. The van der Waals surface area contributed by atoms with Crippen LogP contribution in [-0.4, -0.2) is 153 Å². The second-order valence-electron chi connectivity index (χ2n) is 23.8. The van der Waals surface area contributed by atoms with Crippen LogP contribution in [0.1, 0.15) is 201 Å². The number of amides is 1. The number of H-pyrrole nitrogens is 1. The van der Waals surface area contributed by atoms with Gasteiger partial charge in [-0.3, -0.25) is 19.5 Å². The summed E-state index contributed by atoms with van der Waals surface area (Å²) in [4.78, 5) is 85.9. The zero-order valence-electron chi connectivity index (χ0n) is 54.8. The fourth-order valence-corrected chi connectivity index (χ4v) is 12.0. The van der Waals surface area contributed by atoms with Gasteiger partial charge in [-0.05, 0) is 95.8 Å². The topological polar surface area (TPSA) is 209 Å². The molecule has 4 aliphatic rings. The number of hydrogen-bond acceptors (Lipinski definition) is 16. The Morgan fingerprint density at radius 2 is 1.46 bits per heavy atom. The van der Waals surface area contributed by atoms with E-state index in [-0.39, 0.29) is 88.2 Å². The standard InChI is InChI=1S/C43H49F2N5O8.C12H24O.C8H14FN.C4H10O2.C2H4O/c1-4-6-7-8-9-10-11-12-13-14-36(52)56-25-31(24-55-3)58-43(54)57-30-19-27-15-18-35(44)32(5-2)37(27)33(20-30)39-38(45)40-34(21-46-39)41(48-42(53)47-40)49-22-28-16-17-29(23-49)50(28)26-51;1-2-3-4-5-6-7-8-9-10-11-12-13;1-8-3-2-4-10(8)6-7(9)5-8;1-4(5-2)6-3;1-2-3/h2,15,18-21,26,28-29,31H,4,6-14,16-17,22-25H2,1,3H3,(H,47,48,53);12H,2-11H2,1H3;7H,2-6H2,1H3;4H,1-3H3;2H,1H3/t;;7-,8+;;/m..1../s1. The molecule has 1 amide bonds. The van der Waals surface area contributed by atoms with Gasteiger partial charge in [0.2, 0.25) is 6.41 Å². The first kappa shape index (κ1) is 76.0. The van der Waals surface area contributed by atoms with Gasteiger partial charge in [0.05, 0.1) is 23.1 Å². The molecule has 2 aromatic heterocycles. The molecule has 90 heavy (non-hydrogen) atoms. The molecule has 3 unspecified atom stereocenters. The number of benzene rings is 2. The molecule has 4 saturated heterocycles. The average molecular weight is 1260 g/mol. The fraction of sp³-hybridized carbons (Fsp3) is 0.652. The Bertz CT molecular complexity index is 2910. The number of pyridine rings is 1. The van der Waals surface area contributed by atoms with Crippen molar-refractivity contribution in [3.05, 3.63) is 58.1 Å². The SMILES string of the molecule is C#Cc1c(F)ccc2cc(OC(=O)OC(COC)COC(=O)CCCCCCCCCCC)cc(-c3ncc4c(N5CC6CCC(C5)N6C=O)nc(=O)[nH]c4c3F)c12.CC=O.CCCCCCCCCCCC=O.COC(C)OC.C[C@@]12CCCN1C[C@H](F)C2. The zero-order chi connectivity index (χ0) is 65.8. The first-order chi connectivity index (χ1) is 43.5. The molecular formula is C69H101F3N6O12. The van der Waals surface area contributed by atoms with Crippen LogP contribution in [0.25, 0.3) is 32.9 Å². The van der Waals surface area contributed by atoms with Crippen LogP contribution < -0.4 is 15.3 Å². The maximum absolute atomic E-state index is 16.7. The number of carbonyl (C=O) groups excluding carboxylic acids is 5. The summed E-state index contributed by atoms with van der Waals surface area (Å²) in [5.41, 5.74) is -1.28. The highest BCUT2D eigenvalue weighted by Gasteiger charge is 2.45.